The number of benzene rings is 1. The Morgan fingerprint density at radius 2 is 2.14 bits per heavy atom. The molecule has 108 valence electrons. The number of hydrogen-bond donors (Lipinski definition) is 0. The number of pyridine rings is 1. The molecule has 0 aliphatic carbocycles. The third-order valence-electron chi connectivity index (χ3n) is 2.58. The summed E-state index contributed by atoms with van der Waals surface area (Å²) in [4.78, 5) is 25.7. The summed E-state index contributed by atoms with van der Waals surface area (Å²) in [5.41, 5.74) is 0.0669. The van der Waals surface area contributed by atoms with Crippen LogP contribution in [0, 0.1) is 10.1 Å². The standard InChI is InChI=1S/C13H8BrClN2O4/c14-10-4-2-1-3-8(10)7-21-13(18)9-5-12(15)16-6-11(9)17(19)20/h1-6H,7H2. The van der Waals surface area contributed by atoms with E-state index in [1.54, 1.807) is 18.2 Å². The molecule has 0 saturated heterocycles. The maximum Gasteiger partial charge on any atom is 0.345 e. The van der Waals surface area contributed by atoms with Gasteiger partial charge >= 0.3 is 11.7 Å². The van der Waals surface area contributed by atoms with E-state index in [4.69, 9.17) is 16.3 Å². The second kappa shape index (κ2) is 6.64. The van der Waals surface area contributed by atoms with Crippen LogP contribution in [0.15, 0.2) is 41.0 Å². The Bertz CT molecular complexity index is 708. The van der Waals surface area contributed by atoms with Crippen molar-refractivity contribution in [1.82, 2.24) is 4.98 Å². The van der Waals surface area contributed by atoms with Gasteiger partial charge in [-0.15, -0.1) is 0 Å². The molecule has 0 aliphatic rings. The molecule has 0 spiro atoms. The number of carbonyl (C=O) groups is 1. The first kappa shape index (κ1) is 15.4. The summed E-state index contributed by atoms with van der Waals surface area (Å²) >= 11 is 8.98. The van der Waals surface area contributed by atoms with Crippen LogP contribution in [-0.4, -0.2) is 15.9 Å². The first-order chi connectivity index (χ1) is 9.99. The van der Waals surface area contributed by atoms with Crippen molar-refractivity contribution in [1.29, 1.82) is 0 Å². The molecule has 0 saturated carbocycles. The van der Waals surface area contributed by atoms with Crippen LogP contribution < -0.4 is 0 Å². The lowest BCUT2D eigenvalue weighted by molar-refractivity contribution is -0.385. The molecule has 0 N–H and O–H groups in total. The summed E-state index contributed by atoms with van der Waals surface area (Å²) in [6.07, 6.45) is 0.928. The Morgan fingerprint density at radius 3 is 2.81 bits per heavy atom. The van der Waals surface area contributed by atoms with Crippen molar-refractivity contribution in [2.24, 2.45) is 0 Å². The SMILES string of the molecule is O=C(OCc1ccccc1Br)c1cc(Cl)ncc1[N+](=O)[O-]. The minimum Gasteiger partial charge on any atom is -0.457 e. The van der Waals surface area contributed by atoms with E-state index in [2.05, 4.69) is 20.9 Å². The summed E-state index contributed by atoms with van der Waals surface area (Å²) in [5.74, 6) is -0.832. The zero-order valence-corrected chi connectivity index (χ0v) is 12.8. The van der Waals surface area contributed by atoms with Crippen LogP contribution in [0.4, 0.5) is 5.69 Å². The van der Waals surface area contributed by atoms with Gasteiger partial charge in [0.2, 0.25) is 0 Å². The summed E-state index contributed by atoms with van der Waals surface area (Å²) in [6.45, 7) is -0.0165. The lowest BCUT2D eigenvalue weighted by Crippen LogP contribution is -2.09. The first-order valence-electron chi connectivity index (χ1n) is 5.69. The zero-order chi connectivity index (χ0) is 15.4. The van der Waals surface area contributed by atoms with Gasteiger partial charge in [-0.1, -0.05) is 45.7 Å². The molecule has 6 nitrogen and oxygen atoms in total. The normalized spacial score (nSPS) is 10.2. The van der Waals surface area contributed by atoms with Crippen LogP contribution in [0.3, 0.4) is 0 Å². The Labute approximate surface area is 133 Å². The van der Waals surface area contributed by atoms with Crippen molar-refractivity contribution in [3.8, 4) is 0 Å². The lowest BCUT2D eigenvalue weighted by Gasteiger charge is -2.07. The highest BCUT2D eigenvalue weighted by Crippen LogP contribution is 2.22. The van der Waals surface area contributed by atoms with Crippen LogP contribution in [0.25, 0.3) is 0 Å². The van der Waals surface area contributed by atoms with Gasteiger partial charge in [0.15, 0.2) is 0 Å². The molecule has 0 amide bonds. The van der Waals surface area contributed by atoms with Gasteiger partial charge in [-0.05, 0) is 12.1 Å². The molecule has 1 heterocycles. The van der Waals surface area contributed by atoms with E-state index < -0.39 is 16.6 Å². The molecular formula is C13H8BrClN2O4. The van der Waals surface area contributed by atoms with Gasteiger partial charge in [0.25, 0.3) is 0 Å². The second-order valence-corrected chi connectivity index (χ2v) is 5.19. The van der Waals surface area contributed by atoms with E-state index in [-0.39, 0.29) is 17.3 Å². The van der Waals surface area contributed by atoms with Crippen molar-refractivity contribution >= 4 is 39.2 Å². The predicted molar refractivity (Wildman–Crippen MR) is 79.2 cm³/mol. The fourth-order valence-corrected chi connectivity index (χ4v) is 2.13. The fourth-order valence-electron chi connectivity index (χ4n) is 1.57. The lowest BCUT2D eigenvalue weighted by atomic mass is 10.2. The van der Waals surface area contributed by atoms with E-state index in [1.807, 2.05) is 6.07 Å². The highest BCUT2D eigenvalue weighted by atomic mass is 79.9. The summed E-state index contributed by atoms with van der Waals surface area (Å²) in [7, 11) is 0. The molecular weight excluding hydrogens is 364 g/mol. The number of halogens is 2. The molecule has 1 aromatic carbocycles. The third kappa shape index (κ3) is 3.77. The van der Waals surface area contributed by atoms with Gasteiger partial charge in [0.1, 0.15) is 23.5 Å². The van der Waals surface area contributed by atoms with E-state index >= 15 is 0 Å². The van der Waals surface area contributed by atoms with Crippen molar-refractivity contribution < 1.29 is 14.5 Å². The fraction of sp³-hybridized carbons (Fsp3) is 0.0769. The molecule has 21 heavy (non-hydrogen) atoms. The molecule has 0 aliphatic heterocycles. The van der Waals surface area contributed by atoms with Crippen molar-refractivity contribution in [2.75, 3.05) is 0 Å². The first-order valence-corrected chi connectivity index (χ1v) is 6.86. The van der Waals surface area contributed by atoms with E-state index in [9.17, 15) is 14.9 Å². The van der Waals surface area contributed by atoms with Gasteiger partial charge in [-0.25, -0.2) is 9.78 Å². The maximum atomic E-state index is 12.0. The molecule has 2 aromatic rings. The molecule has 0 fully saturated rings. The van der Waals surface area contributed by atoms with E-state index in [0.29, 0.717) is 0 Å². The Hall–Kier alpha value is -1.99. The van der Waals surface area contributed by atoms with Crippen molar-refractivity contribution in [2.45, 2.75) is 6.61 Å². The highest BCUT2D eigenvalue weighted by molar-refractivity contribution is 9.10. The number of rotatable bonds is 4. The largest absolute Gasteiger partial charge is 0.457 e. The monoisotopic (exact) mass is 370 g/mol. The highest BCUT2D eigenvalue weighted by Gasteiger charge is 2.22. The Kier molecular flexibility index (Phi) is 4.87. The second-order valence-electron chi connectivity index (χ2n) is 3.95. The molecule has 0 atom stereocenters. The average Bonchev–Trinajstić information content (AvgIpc) is 2.45. The topological polar surface area (TPSA) is 82.3 Å². The van der Waals surface area contributed by atoms with Gasteiger partial charge < -0.3 is 4.74 Å². The smallest absolute Gasteiger partial charge is 0.345 e. The van der Waals surface area contributed by atoms with E-state index in [0.717, 1.165) is 22.3 Å². The molecule has 8 heteroatoms. The summed E-state index contributed by atoms with van der Waals surface area (Å²) < 4.78 is 5.86. The van der Waals surface area contributed by atoms with Crippen LogP contribution in [0.1, 0.15) is 15.9 Å². The molecule has 0 unspecified atom stereocenters. The van der Waals surface area contributed by atoms with Crippen LogP contribution in [-0.2, 0) is 11.3 Å². The number of aromatic nitrogens is 1. The van der Waals surface area contributed by atoms with Crippen LogP contribution >= 0.6 is 27.5 Å². The average molecular weight is 372 g/mol. The predicted octanol–water partition coefficient (Wildman–Crippen LogP) is 3.76. The number of carbonyl (C=O) groups excluding carboxylic acids is 1. The number of hydrogen-bond acceptors (Lipinski definition) is 5. The number of esters is 1. The number of nitrogens with zero attached hydrogens (tertiary/aromatic N) is 2. The maximum absolute atomic E-state index is 12.0. The Morgan fingerprint density at radius 1 is 1.43 bits per heavy atom. The number of nitro groups is 1. The van der Waals surface area contributed by atoms with Gasteiger partial charge in [-0.2, -0.15) is 0 Å². The zero-order valence-electron chi connectivity index (χ0n) is 10.5. The molecule has 2 rings (SSSR count). The van der Waals surface area contributed by atoms with Gasteiger partial charge in [-0.3, -0.25) is 10.1 Å². The quantitative estimate of drug-likeness (QED) is 0.354. The van der Waals surface area contributed by atoms with Gasteiger partial charge in [0, 0.05) is 10.0 Å². The van der Waals surface area contributed by atoms with Gasteiger partial charge in [0.05, 0.1) is 4.92 Å². The minimum absolute atomic E-state index is 0.0165. The number of ether oxygens (including phenoxy) is 1. The van der Waals surface area contributed by atoms with Crippen molar-refractivity contribution in [3.05, 3.63) is 67.4 Å². The van der Waals surface area contributed by atoms with Crippen LogP contribution in [0.5, 0.6) is 0 Å². The van der Waals surface area contributed by atoms with Crippen LogP contribution in [0.2, 0.25) is 5.15 Å². The molecule has 0 bridgehead atoms. The minimum atomic E-state index is -0.832. The third-order valence-corrected chi connectivity index (χ3v) is 3.56. The van der Waals surface area contributed by atoms with E-state index in [1.165, 1.54) is 0 Å². The molecule has 1 aromatic heterocycles. The summed E-state index contributed by atoms with van der Waals surface area (Å²) in [5, 5.41) is 10.9. The molecule has 0 radical (unpaired) electrons. The Balaban J connectivity index is 2.19. The van der Waals surface area contributed by atoms with Crippen molar-refractivity contribution in [3.63, 3.8) is 0 Å². The summed E-state index contributed by atoms with van der Waals surface area (Å²) in [6, 6.07) is 8.30.